The summed E-state index contributed by atoms with van der Waals surface area (Å²) in [4.78, 5) is 0. The van der Waals surface area contributed by atoms with Crippen molar-refractivity contribution in [2.75, 3.05) is 18.9 Å². The second kappa shape index (κ2) is 6.11. The van der Waals surface area contributed by atoms with Gasteiger partial charge in [-0.25, -0.2) is 0 Å². The largest absolute Gasteiger partial charge is 0.573 e. The number of rotatable bonds is 3. The van der Waals surface area contributed by atoms with Crippen LogP contribution in [0.1, 0.15) is 18.9 Å². The van der Waals surface area contributed by atoms with Gasteiger partial charge in [0.05, 0.1) is 11.7 Å². The summed E-state index contributed by atoms with van der Waals surface area (Å²) in [5.74, 6) is 0.0573. The van der Waals surface area contributed by atoms with Gasteiger partial charge in [0, 0.05) is 24.8 Å². The van der Waals surface area contributed by atoms with E-state index in [2.05, 4.69) is 9.84 Å². The lowest BCUT2D eigenvalue weighted by Crippen LogP contribution is -2.21. The van der Waals surface area contributed by atoms with Gasteiger partial charge in [-0.2, -0.15) is 5.10 Å². The van der Waals surface area contributed by atoms with Gasteiger partial charge in [-0.15, -0.1) is 13.2 Å². The molecule has 23 heavy (non-hydrogen) atoms. The van der Waals surface area contributed by atoms with E-state index in [0.717, 1.165) is 12.8 Å². The molecule has 2 aromatic rings. The molecule has 1 aliphatic heterocycles. The lowest BCUT2D eigenvalue weighted by molar-refractivity contribution is -0.274. The van der Waals surface area contributed by atoms with Gasteiger partial charge < -0.3 is 15.2 Å². The Labute approximate surface area is 130 Å². The van der Waals surface area contributed by atoms with E-state index in [4.69, 9.17) is 10.5 Å². The van der Waals surface area contributed by atoms with E-state index in [0.29, 0.717) is 30.3 Å². The number of benzene rings is 1. The number of nitrogen functional groups attached to an aromatic ring is 1. The van der Waals surface area contributed by atoms with E-state index in [1.807, 2.05) is 0 Å². The number of anilines is 1. The molecule has 1 aromatic heterocycles. The summed E-state index contributed by atoms with van der Waals surface area (Å²) < 4.78 is 48.2. The topological polar surface area (TPSA) is 62.3 Å². The fourth-order valence-corrected chi connectivity index (χ4v) is 2.69. The Hall–Kier alpha value is -2.22. The first-order valence-corrected chi connectivity index (χ1v) is 7.21. The highest BCUT2D eigenvalue weighted by Crippen LogP contribution is 2.32. The van der Waals surface area contributed by atoms with Crippen molar-refractivity contribution >= 4 is 5.82 Å². The van der Waals surface area contributed by atoms with Gasteiger partial charge in [0.25, 0.3) is 0 Å². The molecule has 2 heterocycles. The standard InChI is InChI=1S/C15H16F3N3O2/c16-15(17,18)23-12-3-1-2-10(8-12)13-9-14(19)20-21(13)11-4-6-22-7-5-11/h1-3,8-9,11H,4-7H2,(H2,19,20). The van der Waals surface area contributed by atoms with Crippen LogP contribution in [0.15, 0.2) is 30.3 Å². The number of aromatic nitrogens is 2. The van der Waals surface area contributed by atoms with Crippen LogP contribution in [0.25, 0.3) is 11.3 Å². The van der Waals surface area contributed by atoms with Gasteiger partial charge in [0.1, 0.15) is 11.6 Å². The minimum absolute atomic E-state index is 0.114. The number of ether oxygens (including phenoxy) is 2. The molecule has 0 radical (unpaired) electrons. The third-order valence-electron chi connectivity index (χ3n) is 3.65. The number of nitrogens with two attached hydrogens (primary N) is 1. The molecular formula is C15H16F3N3O2. The number of nitrogens with zero attached hydrogens (tertiary/aromatic N) is 2. The number of hydrogen-bond acceptors (Lipinski definition) is 4. The van der Waals surface area contributed by atoms with Crippen LogP contribution >= 0.6 is 0 Å². The molecule has 1 saturated heterocycles. The zero-order valence-corrected chi connectivity index (χ0v) is 12.2. The Morgan fingerprint density at radius 3 is 2.65 bits per heavy atom. The molecule has 5 nitrogen and oxygen atoms in total. The summed E-state index contributed by atoms with van der Waals surface area (Å²) in [5.41, 5.74) is 7.03. The Morgan fingerprint density at radius 1 is 1.22 bits per heavy atom. The maximum atomic E-state index is 12.4. The molecule has 3 rings (SSSR count). The van der Waals surface area contributed by atoms with Crippen molar-refractivity contribution in [3.05, 3.63) is 30.3 Å². The van der Waals surface area contributed by atoms with Crippen LogP contribution in [-0.2, 0) is 4.74 Å². The molecule has 1 aliphatic rings. The van der Waals surface area contributed by atoms with Gasteiger partial charge in [-0.1, -0.05) is 12.1 Å². The van der Waals surface area contributed by atoms with Crippen LogP contribution in [0.3, 0.4) is 0 Å². The summed E-state index contributed by atoms with van der Waals surface area (Å²) >= 11 is 0. The normalized spacial score (nSPS) is 16.5. The molecule has 0 saturated carbocycles. The molecule has 1 fully saturated rings. The molecule has 1 aromatic carbocycles. The maximum absolute atomic E-state index is 12.4. The lowest BCUT2D eigenvalue weighted by atomic mass is 10.1. The Morgan fingerprint density at radius 2 is 1.96 bits per heavy atom. The van der Waals surface area contributed by atoms with Gasteiger partial charge in [0.15, 0.2) is 0 Å². The molecule has 8 heteroatoms. The molecule has 0 amide bonds. The number of alkyl halides is 3. The molecule has 0 atom stereocenters. The molecule has 0 aliphatic carbocycles. The third kappa shape index (κ3) is 3.76. The Bertz CT molecular complexity index is 679. The Balaban J connectivity index is 1.93. The monoisotopic (exact) mass is 327 g/mol. The summed E-state index contributed by atoms with van der Waals surface area (Å²) in [6, 6.07) is 7.57. The van der Waals surface area contributed by atoms with Gasteiger partial charge >= 0.3 is 6.36 Å². The third-order valence-corrected chi connectivity index (χ3v) is 3.65. The van der Waals surface area contributed by atoms with Gasteiger partial charge in [-0.05, 0) is 25.0 Å². The van der Waals surface area contributed by atoms with E-state index in [1.54, 1.807) is 16.8 Å². The first-order valence-electron chi connectivity index (χ1n) is 7.21. The quantitative estimate of drug-likeness (QED) is 0.939. The second-order valence-corrected chi connectivity index (χ2v) is 5.32. The zero-order chi connectivity index (χ0) is 16.4. The van der Waals surface area contributed by atoms with Crippen LogP contribution in [0.5, 0.6) is 5.75 Å². The van der Waals surface area contributed by atoms with Crippen molar-refractivity contribution in [2.45, 2.75) is 25.2 Å². The fourth-order valence-electron chi connectivity index (χ4n) is 2.69. The predicted octanol–water partition coefficient (Wildman–Crippen LogP) is 3.38. The minimum Gasteiger partial charge on any atom is -0.406 e. The summed E-state index contributed by atoms with van der Waals surface area (Å²) in [5, 5.41) is 4.29. The van der Waals surface area contributed by atoms with Crippen molar-refractivity contribution in [3.8, 4) is 17.0 Å². The van der Waals surface area contributed by atoms with E-state index in [-0.39, 0.29) is 11.8 Å². The average Bonchev–Trinajstić information content (AvgIpc) is 2.89. The molecule has 0 spiro atoms. The summed E-state index contributed by atoms with van der Waals surface area (Å²) in [6.07, 6.45) is -3.15. The van der Waals surface area contributed by atoms with Crippen molar-refractivity contribution in [2.24, 2.45) is 0 Å². The smallest absolute Gasteiger partial charge is 0.406 e. The van der Waals surface area contributed by atoms with Crippen LogP contribution < -0.4 is 10.5 Å². The first kappa shape index (κ1) is 15.7. The van der Waals surface area contributed by atoms with E-state index in [1.165, 1.54) is 18.2 Å². The lowest BCUT2D eigenvalue weighted by Gasteiger charge is -2.24. The molecule has 0 unspecified atom stereocenters. The van der Waals surface area contributed by atoms with Crippen molar-refractivity contribution in [1.82, 2.24) is 9.78 Å². The van der Waals surface area contributed by atoms with E-state index < -0.39 is 6.36 Å². The number of halogens is 3. The van der Waals surface area contributed by atoms with E-state index in [9.17, 15) is 13.2 Å². The SMILES string of the molecule is Nc1cc(-c2cccc(OC(F)(F)F)c2)n(C2CCOCC2)n1. The summed E-state index contributed by atoms with van der Waals surface area (Å²) in [7, 11) is 0. The predicted molar refractivity (Wildman–Crippen MR) is 77.8 cm³/mol. The highest BCUT2D eigenvalue weighted by atomic mass is 19.4. The first-order chi connectivity index (χ1) is 10.9. The van der Waals surface area contributed by atoms with Crippen LogP contribution in [0, 0.1) is 0 Å². The van der Waals surface area contributed by atoms with Crippen LogP contribution in [-0.4, -0.2) is 29.4 Å². The van der Waals surface area contributed by atoms with Gasteiger partial charge in [-0.3, -0.25) is 4.68 Å². The molecular weight excluding hydrogens is 311 g/mol. The number of hydrogen-bond donors (Lipinski definition) is 1. The minimum atomic E-state index is -4.72. The maximum Gasteiger partial charge on any atom is 0.573 e. The highest BCUT2D eigenvalue weighted by Gasteiger charge is 2.31. The van der Waals surface area contributed by atoms with Crippen LogP contribution in [0.4, 0.5) is 19.0 Å². The zero-order valence-electron chi connectivity index (χ0n) is 12.2. The second-order valence-electron chi connectivity index (χ2n) is 5.32. The van der Waals surface area contributed by atoms with E-state index >= 15 is 0 Å². The van der Waals surface area contributed by atoms with Gasteiger partial charge in [0.2, 0.25) is 0 Å². The van der Waals surface area contributed by atoms with Crippen molar-refractivity contribution in [1.29, 1.82) is 0 Å². The summed E-state index contributed by atoms with van der Waals surface area (Å²) in [6.45, 7) is 1.25. The average molecular weight is 327 g/mol. The van der Waals surface area contributed by atoms with Crippen LogP contribution in [0.2, 0.25) is 0 Å². The fraction of sp³-hybridized carbons (Fsp3) is 0.400. The molecule has 0 bridgehead atoms. The van der Waals surface area contributed by atoms with Crippen molar-refractivity contribution < 1.29 is 22.6 Å². The highest BCUT2D eigenvalue weighted by molar-refractivity contribution is 5.64. The molecule has 124 valence electrons. The Kier molecular flexibility index (Phi) is 4.16. The van der Waals surface area contributed by atoms with Crippen molar-refractivity contribution in [3.63, 3.8) is 0 Å². The molecule has 2 N–H and O–H groups in total.